The van der Waals surface area contributed by atoms with Crippen molar-refractivity contribution in [1.82, 2.24) is 0 Å². The zero-order valence-electron chi connectivity index (χ0n) is 7.61. The summed E-state index contributed by atoms with van der Waals surface area (Å²) >= 11 is 11.1. The van der Waals surface area contributed by atoms with Crippen LogP contribution < -0.4 is 0 Å². The van der Waals surface area contributed by atoms with Gasteiger partial charge in [0, 0.05) is 11.1 Å². The van der Waals surface area contributed by atoms with Crippen LogP contribution in [0.3, 0.4) is 0 Å². The molecule has 0 saturated carbocycles. The van der Waals surface area contributed by atoms with Gasteiger partial charge in [-0.15, -0.1) is 0 Å². The molecule has 0 aliphatic rings. The summed E-state index contributed by atoms with van der Waals surface area (Å²) in [6.07, 6.45) is 0. The first-order valence-corrected chi connectivity index (χ1v) is 4.64. The second-order valence-corrected chi connectivity index (χ2v) is 3.58. The summed E-state index contributed by atoms with van der Waals surface area (Å²) in [6, 6.07) is 3.43. The van der Waals surface area contributed by atoms with E-state index in [1.54, 1.807) is 6.07 Å². The number of rotatable bonds is 1. The summed E-state index contributed by atoms with van der Waals surface area (Å²) in [5.74, 6) is -1.54. The van der Waals surface area contributed by atoms with Crippen molar-refractivity contribution in [2.24, 2.45) is 0 Å². The fourth-order valence-electron chi connectivity index (χ4n) is 0.942. The summed E-state index contributed by atoms with van der Waals surface area (Å²) in [5.41, 5.74) is -0.0603. The highest BCUT2D eigenvalue weighted by Crippen LogP contribution is 2.28. The van der Waals surface area contributed by atoms with E-state index in [4.69, 9.17) is 28.5 Å². The molecule has 0 saturated heterocycles. The molecule has 15 heavy (non-hydrogen) atoms. The fourth-order valence-corrected chi connectivity index (χ4v) is 1.28. The number of benzene rings is 1. The van der Waals surface area contributed by atoms with E-state index in [2.05, 4.69) is 0 Å². The highest BCUT2D eigenvalue weighted by Gasteiger charge is 2.12. The molecule has 0 atom stereocenters. The van der Waals surface area contributed by atoms with Crippen LogP contribution in [0.4, 0.5) is 8.78 Å². The predicted molar refractivity (Wildman–Crippen MR) is 55.4 cm³/mol. The molecule has 0 fully saturated rings. The molecular weight excluding hydrogens is 243 g/mol. The van der Waals surface area contributed by atoms with Crippen molar-refractivity contribution in [3.05, 3.63) is 39.9 Å². The lowest BCUT2D eigenvalue weighted by Gasteiger charge is -2.04. The summed E-state index contributed by atoms with van der Waals surface area (Å²) < 4.78 is 26.3. The van der Waals surface area contributed by atoms with Gasteiger partial charge in [0.15, 0.2) is 0 Å². The van der Waals surface area contributed by atoms with Gasteiger partial charge in [0.2, 0.25) is 0 Å². The van der Waals surface area contributed by atoms with Gasteiger partial charge in [0.1, 0.15) is 11.6 Å². The molecule has 1 aromatic carbocycles. The first-order chi connectivity index (χ1) is 6.97. The van der Waals surface area contributed by atoms with Crippen LogP contribution in [-0.4, -0.2) is 0 Å². The van der Waals surface area contributed by atoms with Crippen molar-refractivity contribution in [2.75, 3.05) is 0 Å². The SMILES string of the molecule is C/C(C#N)=C(/Cl)c1cc(F)c(Cl)cc1F. The largest absolute Gasteiger partial charge is 0.206 e. The van der Waals surface area contributed by atoms with Crippen LogP contribution in [0.1, 0.15) is 12.5 Å². The van der Waals surface area contributed by atoms with E-state index in [-0.39, 0.29) is 21.2 Å². The summed E-state index contributed by atoms with van der Waals surface area (Å²) in [4.78, 5) is 0. The van der Waals surface area contributed by atoms with Crippen LogP contribution >= 0.6 is 23.2 Å². The number of nitrogens with zero attached hydrogens (tertiary/aromatic N) is 1. The Morgan fingerprint density at radius 2 is 1.93 bits per heavy atom. The van der Waals surface area contributed by atoms with Crippen LogP contribution in [0.2, 0.25) is 5.02 Å². The molecule has 0 radical (unpaired) electrons. The Bertz CT molecular complexity index is 475. The average Bonchev–Trinajstić information content (AvgIpc) is 2.21. The normalized spacial score (nSPS) is 12.0. The van der Waals surface area contributed by atoms with Gasteiger partial charge in [-0.05, 0) is 19.1 Å². The Hall–Kier alpha value is -1.11. The Balaban J connectivity index is 3.41. The number of allylic oxidation sites excluding steroid dienone is 1. The van der Waals surface area contributed by atoms with Crippen LogP contribution in [-0.2, 0) is 0 Å². The van der Waals surface area contributed by atoms with Crippen molar-refractivity contribution >= 4 is 28.2 Å². The molecule has 0 heterocycles. The highest BCUT2D eigenvalue weighted by atomic mass is 35.5. The maximum atomic E-state index is 13.3. The lowest BCUT2D eigenvalue weighted by molar-refractivity contribution is 0.598. The van der Waals surface area contributed by atoms with Crippen LogP contribution in [0.15, 0.2) is 17.7 Å². The Labute approximate surface area is 95.5 Å². The van der Waals surface area contributed by atoms with Gasteiger partial charge in [0.05, 0.1) is 16.1 Å². The highest BCUT2D eigenvalue weighted by molar-refractivity contribution is 6.49. The first kappa shape index (κ1) is 12.0. The zero-order chi connectivity index (χ0) is 11.6. The minimum absolute atomic E-state index is 0.109. The molecule has 0 amide bonds. The molecule has 1 rings (SSSR count). The van der Waals surface area contributed by atoms with Gasteiger partial charge < -0.3 is 0 Å². The molecule has 0 aliphatic heterocycles. The number of nitriles is 1. The van der Waals surface area contributed by atoms with Gasteiger partial charge in [-0.2, -0.15) is 5.26 Å². The predicted octanol–water partition coefficient (Wildman–Crippen LogP) is 4.11. The van der Waals surface area contributed by atoms with E-state index in [1.807, 2.05) is 0 Å². The lowest BCUT2D eigenvalue weighted by Crippen LogP contribution is -1.90. The second kappa shape index (κ2) is 4.61. The van der Waals surface area contributed by atoms with Gasteiger partial charge in [-0.25, -0.2) is 8.78 Å². The summed E-state index contributed by atoms with van der Waals surface area (Å²) in [6.45, 7) is 1.41. The smallest absolute Gasteiger partial charge is 0.142 e. The molecule has 5 heteroatoms. The molecule has 0 aromatic heterocycles. The fraction of sp³-hybridized carbons (Fsp3) is 0.100. The van der Waals surface area contributed by atoms with Gasteiger partial charge in [0.25, 0.3) is 0 Å². The third-order valence-corrected chi connectivity index (χ3v) is 2.52. The summed E-state index contributed by atoms with van der Waals surface area (Å²) in [5, 5.41) is 8.10. The van der Waals surface area contributed by atoms with Crippen LogP contribution in [0, 0.1) is 23.0 Å². The van der Waals surface area contributed by atoms with E-state index in [0.717, 1.165) is 12.1 Å². The summed E-state index contributed by atoms with van der Waals surface area (Å²) in [7, 11) is 0. The second-order valence-electron chi connectivity index (χ2n) is 2.80. The van der Waals surface area contributed by atoms with Gasteiger partial charge in [-0.1, -0.05) is 23.2 Å². The van der Waals surface area contributed by atoms with Gasteiger partial charge in [-0.3, -0.25) is 0 Å². The Kier molecular flexibility index (Phi) is 3.67. The van der Waals surface area contributed by atoms with Gasteiger partial charge >= 0.3 is 0 Å². The van der Waals surface area contributed by atoms with E-state index in [1.165, 1.54) is 6.92 Å². The van der Waals surface area contributed by atoms with Crippen molar-refractivity contribution in [2.45, 2.75) is 6.92 Å². The third kappa shape index (κ3) is 2.47. The maximum Gasteiger partial charge on any atom is 0.142 e. The number of hydrogen-bond acceptors (Lipinski definition) is 1. The molecule has 1 aromatic rings. The van der Waals surface area contributed by atoms with E-state index in [0.29, 0.717) is 0 Å². The zero-order valence-corrected chi connectivity index (χ0v) is 9.13. The minimum atomic E-state index is -0.781. The minimum Gasteiger partial charge on any atom is -0.206 e. The van der Waals surface area contributed by atoms with E-state index < -0.39 is 11.6 Å². The average molecular weight is 248 g/mol. The molecule has 0 N–H and O–H groups in total. The topological polar surface area (TPSA) is 23.8 Å². The Morgan fingerprint density at radius 1 is 1.33 bits per heavy atom. The maximum absolute atomic E-state index is 13.3. The molecule has 1 nitrogen and oxygen atoms in total. The first-order valence-electron chi connectivity index (χ1n) is 3.88. The third-order valence-electron chi connectivity index (χ3n) is 1.74. The monoisotopic (exact) mass is 247 g/mol. The quantitative estimate of drug-likeness (QED) is 0.541. The molecular formula is C10H5Cl2F2N. The Morgan fingerprint density at radius 3 is 2.47 bits per heavy atom. The molecule has 0 bridgehead atoms. The number of hydrogen-bond donors (Lipinski definition) is 0. The van der Waals surface area contributed by atoms with E-state index >= 15 is 0 Å². The van der Waals surface area contributed by atoms with E-state index in [9.17, 15) is 8.78 Å². The molecule has 0 spiro atoms. The number of halogens is 4. The standard InChI is InChI=1S/C10H5Cl2F2N/c1-5(4-15)10(12)6-2-9(14)7(11)3-8(6)13/h2-3H,1H3/b10-5-. The lowest BCUT2D eigenvalue weighted by atomic mass is 10.1. The van der Waals surface area contributed by atoms with Crippen molar-refractivity contribution in [3.8, 4) is 6.07 Å². The molecule has 0 aliphatic carbocycles. The van der Waals surface area contributed by atoms with Crippen molar-refractivity contribution in [3.63, 3.8) is 0 Å². The van der Waals surface area contributed by atoms with Crippen molar-refractivity contribution < 1.29 is 8.78 Å². The van der Waals surface area contributed by atoms with Crippen molar-refractivity contribution in [1.29, 1.82) is 5.26 Å². The van der Waals surface area contributed by atoms with Crippen LogP contribution in [0.25, 0.3) is 5.03 Å². The van der Waals surface area contributed by atoms with Crippen LogP contribution in [0.5, 0.6) is 0 Å². The molecule has 0 unspecified atom stereocenters. The molecule has 78 valence electrons.